The fourth-order valence-electron chi connectivity index (χ4n) is 1.47. The lowest BCUT2D eigenvalue weighted by molar-refractivity contribution is -0.0342. The standard InChI is InChI=1S/C6H12F2N2O2S/c7-6(8)3-1-2-5(6)4-10-13(9,11)12/h5,10H,1-4H2,(H2,9,11,12). The van der Waals surface area contributed by atoms with Gasteiger partial charge in [0.05, 0.1) is 0 Å². The van der Waals surface area contributed by atoms with Crippen molar-refractivity contribution >= 4 is 10.2 Å². The van der Waals surface area contributed by atoms with Crippen LogP contribution in [-0.4, -0.2) is 20.9 Å². The molecule has 1 rings (SSSR count). The minimum Gasteiger partial charge on any atom is -0.216 e. The molecule has 0 radical (unpaired) electrons. The van der Waals surface area contributed by atoms with Crippen molar-refractivity contribution in [3.05, 3.63) is 0 Å². The van der Waals surface area contributed by atoms with Crippen molar-refractivity contribution in [2.45, 2.75) is 25.2 Å². The van der Waals surface area contributed by atoms with Gasteiger partial charge in [-0.25, -0.2) is 18.6 Å². The molecule has 0 heterocycles. The second kappa shape index (κ2) is 3.47. The van der Waals surface area contributed by atoms with Crippen molar-refractivity contribution < 1.29 is 17.2 Å². The Labute approximate surface area is 75.7 Å². The summed E-state index contributed by atoms with van der Waals surface area (Å²) in [5.41, 5.74) is 0. The highest BCUT2D eigenvalue weighted by molar-refractivity contribution is 7.87. The van der Waals surface area contributed by atoms with Crippen LogP contribution in [0.25, 0.3) is 0 Å². The third-order valence-electron chi connectivity index (χ3n) is 2.19. The number of halogens is 2. The molecule has 1 aliphatic carbocycles. The molecular formula is C6H12F2N2O2S. The summed E-state index contributed by atoms with van der Waals surface area (Å²) in [6.45, 7) is -0.272. The van der Waals surface area contributed by atoms with Crippen LogP contribution in [0.2, 0.25) is 0 Å². The molecule has 0 aliphatic heterocycles. The van der Waals surface area contributed by atoms with E-state index in [-0.39, 0.29) is 13.0 Å². The van der Waals surface area contributed by atoms with E-state index in [0.29, 0.717) is 12.8 Å². The first kappa shape index (κ1) is 10.8. The molecule has 1 fully saturated rings. The van der Waals surface area contributed by atoms with Crippen LogP contribution in [0, 0.1) is 5.92 Å². The summed E-state index contributed by atoms with van der Waals surface area (Å²) in [6, 6.07) is 0. The third kappa shape index (κ3) is 3.17. The molecule has 1 unspecified atom stereocenters. The Balaban J connectivity index is 2.46. The number of rotatable bonds is 3. The molecule has 4 nitrogen and oxygen atoms in total. The lowest BCUT2D eigenvalue weighted by Crippen LogP contribution is -2.38. The van der Waals surface area contributed by atoms with E-state index in [2.05, 4.69) is 5.14 Å². The van der Waals surface area contributed by atoms with Crippen LogP contribution < -0.4 is 9.86 Å². The van der Waals surface area contributed by atoms with E-state index in [4.69, 9.17) is 0 Å². The average Bonchev–Trinajstić information content (AvgIpc) is 2.23. The van der Waals surface area contributed by atoms with Gasteiger partial charge in [-0.2, -0.15) is 8.42 Å². The van der Waals surface area contributed by atoms with Crippen molar-refractivity contribution in [3.8, 4) is 0 Å². The number of alkyl halides is 2. The summed E-state index contributed by atoms with van der Waals surface area (Å²) >= 11 is 0. The molecule has 78 valence electrons. The van der Waals surface area contributed by atoms with E-state index in [1.54, 1.807) is 0 Å². The van der Waals surface area contributed by atoms with Crippen LogP contribution in [-0.2, 0) is 10.2 Å². The SMILES string of the molecule is NS(=O)(=O)NCC1CCCC1(F)F. The summed E-state index contributed by atoms with van der Waals surface area (Å²) in [5.74, 6) is -3.66. The maximum Gasteiger partial charge on any atom is 0.274 e. The van der Waals surface area contributed by atoms with Gasteiger partial charge in [0.1, 0.15) is 0 Å². The Hall–Kier alpha value is -0.270. The summed E-state index contributed by atoms with van der Waals surface area (Å²) in [7, 11) is -3.85. The van der Waals surface area contributed by atoms with Gasteiger partial charge < -0.3 is 0 Å². The van der Waals surface area contributed by atoms with Crippen molar-refractivity contribution in [2.24, 2.45) is 11.1 Å². The number of hydrogen-bond acceptors (Lipinski definition) is 2. The maximum atomic E-state index is 12.9. The molecule has 0 aromatic heterocycles. The Morgan fingerprint density at radius 1 is 1.54 bits per heavy atom. The largest absolute Gasteiger partial charge is 0.274 e. The molecule has 0 amide bonds. The summed E-state index contributed by atoms with van der Waals surface area (Å²) < 4.78 is 48.5. The molecule has 1 aliphatic rings. The third-order valence-corrected chi connectivity index (χ3v) is 2.76. The molecule has 7 heteroatoms. The summed E-state index contributed by atoms with van der Waals surface area (Å²) in [6.07, 6.45) is 0.615. The predicted octanol–water partition coefficient (Wildman–Crippen LogP) is 0.215. The number of nitrogens with one attached hydrogen (secondary N) is 1. The zero-order valence-electron chi connectivity index (χ0n) is 6.96. The van der Waals surface area contributed by atoms with E-state index in [9.17, 15) is 17.2 Å². The summed E-state index contributed by atoms with van der Waals surface area (Å²) in [4.78, 5) is 0. The van der Waals surface area contributed by atoms with Gasteiger partial charge in [0.2, 0.25) is 0 Å². The Morgan fingerprint density at radius 3 is 2.54 bits per heavy atom. The second-order valence-electron chi connectivity index (χ2n) is 3.24. The van der Waals surface area contributed by atoms with Gasteiger partial charge in [0, 0.05) is 18.9 Å². The van der Waals surface area contributed by atoms with Crippen molar-refractivity contribution in [2.75, 3.05) is 6.54 Å². The highest BCUT2D eigenvalue weighted by Gasteiger charge is 2.43. The van der Waals surface area contributed by atoms with E-state index in [0.717, 1.165) is 0 Å². The topological polar surface area (TPSA) is 72.2 Å². The van der Waals surface area contributed by atoms with Crippen LogP contribution >= 0.6 is 0 Å². The van der Waals surface area contributed by atoms with E-state index in [1.165, 1.54) is 0 Å². The van der Waals surface area contributed by atoms with Crippen LogP contribution in [0.1, 0.15) is 19.3 Å². The van der Waals surface area contributed by atoms with Gasteiger partial charge in [0.25, 0.3) is 16.1 Å². The van der Waals surface area contributed by atoms with E-state index >= 15 is 0 Å². The van der Waals surface area contributed by atoms with E-state index in [1.807, 2.05) is 4.72 Å². The first-order valence-corrected chi connectivity index (χ1v) is 5.51. The maximum absolute atomic E-state index is 12.9. The van der Waals surface area contributed by atoms with Gasteiger partial charge in [-0.15, -0.1) is 0 Å². The van der Waals surface area contributed by atoms with Crippen molar-refractivity contribution in [1.82, 2.24) is 4.72 Å². The van der Waals surface area contributed by atoms with Gasteiger partial charge >= 0.3 is 0 Å². The second-order valence-corrected chi connectivity index (χ2v) is 4.62. The minimum absolute atomic E-state index is 0.163. The lowest BCUT2D eigenvalue weighted by Gasteiger charge is -2.18. The number of nitrogens with two attached hydrogens (primary N) is 1. The van der Waals surface area contributed by atoms with Crippen molar-refractivity contribution in [1.29, 1.82) is 0 Å². The molecule has 0 aromatic rings. The molecular weight excluding hydrogens is 202 g/mol. The first-order chi connectivity index (χ1) is 5.81. The Morgan fingerprint density at radius 2 is 2.15 bits per heavy atom. The monoisotopic (exact) mass is 214 g/mol. The summed E-state index contributed by atoms with van der Waals surface area (Å²) in [5, 5.41) is 4.62. The Bertz CT molecular complexity index is 278. The molecule has 1 atom stereocenters. The molecule has 1 saturated carbocycles. The van der Waals surface area contributed by atoms with Crippen LogP contribution in [0.5, 0.6) is 0 Å². The van der Waals surface area contributed by atoms with Crippen molar-refractivity contribution in [3.63, 3.8) is 0 Å². The highest BCUT2D eigenvalue weighted by atomic mass is 32.2. The van der Waals surface area contributed by atoms with Crippen LogP contribution in [0.15, 0.2) is 0 Å². The quantitative estimate of drug-likeness (QED) is 0.705. The smallest absolute Gasteiger partial charge is 0.216 e. The van der Waals surface area contributed by atoms with Crippen LogP contribution in [0.4, 0.5) is 8.78 Å². The zero-order chi connectivity index (χ0) is 10.1. The molecule has 0 saturated heterocycles. The molecule has 0 aromatic carbocycles. The zero-order valence-corrected chi connectivity index (χ0v) is 7.78. The predicted molar refractivity (Wildman–Crippen MR) is 43.4 cm³/mol. The molecule has 3 N–H and O–H groups in total. The minimum atomic E-state index is -3.85. The van der Waals surface area contributed by atoms with Gasteiger partial charge in [-0.05, 0) is 12.8 Å². The fraction of sp³-hybridized carbons (Fsp3) is 1.00. The first-order valence-electron chi connectivity index (χ1n) is 3.96. The van der Waals surface area contributed by atoms with Gasteiger partial charge in [-0.1, -0.05) is 0 Å². The van der Waals surface area contributed by atoms with Gasteiger partial charge in [0.15, 0.2) is 0 Å². The highest BCUT2D eigenvalue weighted by Crippen LogP contribution is 2.39. The van der Waals surface area contributed by atoms with Crippen LogP contribution in [0.3, 0.4) is 0 Å². The van der Waals surface area contributed by atoms with Gasteiger partial charge in [-0.3, -0.25) is 0 Å². The Kier molecular flexibility index (Phi) is 2.88. The molecule has 0 spiro atoms. The lowest BCUT2D eigenvalue weighted by atomic mass is 10.1. The van der Waals surface area contributed by atoms with E-state index < -0.39 is 22.0 Å². The number of hydrogen-bond donors (Lipinski definition) is 2. The fourth-order valence-corrected chi connectivity index (χ4v) is 1.90. The normalized spacial score (nSPS) is 27.8. The molecule has 0 bridgehead atoms. The average molecular weight is 214 g/mol. The molecule has 13 heavy (non-hydrogen) atoms.